The van der Waals surface area contributed by atoms with E-state index in [1.165, 1.54) is 24.3 Å². The van der Waals surface area contributed by atoms with Crippen LogP contribution in [-0.2, 0) is 6.54 Å². The van der Waals surface area contributed by atoms with Crippen LogP contribution in [-0.4, -0.2) is 22.2 Å². The van der Waals surface area contributed by atoms with Gasteiger partial charge in [-0.25, -0.2) is 0 Å². The molecule has 0 bridgehead atoms. The molecule has 0 atom stereocenters. The van der Waals surface area contributed by atoms with Crippen LogP contribution in [0.3, 0.4) is 0 Å². The third-order valence-corrected chi connectivity index (χ3v) is 2.74. The molecule has 0 saturated carbocycles. The summed E-state index contributed by atoms with van der Waals surface area (Å²) in [5.41, 5.74) is 1.42. The number of nitrogens with zero attached hydrogens (tertiary/aromatic N) is 2. The zero-order chi connectivity index (χ0) is 14.4. The lowest BCUT2D eigenvalue weighted by molar-refractivity contribution is -0.384. The van der Waals surface area contributed by atoms with Crippen molar-refractivity contribution in [3.63, 3.8) is 0 Å². The van der Waals surface area contributed by atoms with Gasteiger partial charge in [-0.05, 0) is 23.8 Å². The number of carbonyl (C=O) groups is 1. The average Bonchev–Trinajstić information content (AvgIpc) is 2.48. The molecule has 1 N–H and O–H groups in total. The first-order chi connectivity index (χ1) is 9.66. The van der Waals surface area contributed by atoms with Crippen molar-refractivity contribution in [2.45, 2.75) is 6.54 Å². The minimum atomic E-state index is -0.491. The van der Waals surface area contributed by atoms with E-state index in [1.54, 1.807) is 12.4 Å². The fraction of sp³-hybridized carbons (Fsp3) is 0.143. The molecule has 0 unspecified atom stereocenters. The van der Waals surface area contributed by atoms with Crippen LogP contribution < -0.4 is 5.32 Å². The van der Waals surface area contributed by atoms with Crippen LogP contribution in [0.25, 0.3) is 0 Å². The summed E-state index contributed by atoms with van der Waals surface area (Å²) >= 11 is 0. The molecule has 0 spiro atoms. The van der Waals surface area contributed by atoms with E-state index < -0.39 is 4.92 Å². The van der Waals surface area contributed by atoms with E-state index in [1.807, 2.05) is 12.1 Å². The molecule has 0 aliphatic heterocycles. The second-order valence-electron chi connectivity index (χ2n) is 4.19. The van der Waals surface area contributed by atoms with Crippen molar-refractivity contribution in [2.24, 2.45) is 0 Å². The highest BCUT2D eigenvalue weighted by molar-refractivity contribution is 5.97. The van der Waals surface area contributed by atoms with E-state index in [4.69, 9.17) is 0 Å². The van der Waals surface area contributed by atoms with Gasteiger partial charge < -0.3 is 5.32 Å². The third kappa shape index (κ3) is 3.69. The molecule has 1 heterocycles. The number of aromatic nitrogens is 1. The molecule has 1 aromatic heterocycles. The lowest BCUT2D eigenvalue weighted by Gasteiger charge is -2.04. The Bertz CT molecular complexity index is 597. The number of hydrogen-bond acceptors (Lipinski definition) is 5. The molecule has 0 radical (unpaired) electrons. The quantitative estimate of drug-likeness (QED) is 0.493. The number of rotatable bonds is 6. The minimum Gasteiger partial charge on any atom is -0.306 e. The molecule has 0 fully saturated rings. The van der Waals surface area contributed by atoms with Gasteiger partial charge in [0.15, 0.2) is 5.78 Å². The van der Waals surface area contributed by atoms with Crippen molar-refractivity contribution in [1.29, 1.82) is 0 Å². The van der Waals surface area contributed by atoms with Crippen LogP contribution in [0, 0.1) is 10.1 Å². The molecule has 1 aromatic carbocycles. The highest BCUT2D eigenvalue weighted by atomic mass is 16.6. The van der Waals surface area contributed by atoms with E-state index in [0.717, 1.165) is 5.56 Å². The van der Waals surface area contributed by atoms with E-state index in [0.29, 0.717) is 12.1 Å². The zero-order valence-electron chi connectivity index (χ0n) is 10.7. The lowest BCUT2D eigenvalue weighted by atomic mass is 10.1. The predicted molar refractivity (Wildman–Crippen MR) is 73.4 cm³/mol. The second kappa shape index (κ2) is 6.53. The Morgan fingerprint density at radius 1 is 1.25 bits per heavy atom. The number of nitrogens with one attached hydrogen (secondary N) is 1. The normalized spacial score (nSPS) is 10.2. The molecule has 0 aliphatic carbocycles. The van der Waals surface area contributed by atoms with Gasteiger partial charge in [-0.1, -0.05) is 6.07 Å². The Morgan fingerprint density at radius 2 is 2.00 bits per heavy atom. The van der Waals surface area contributed by atoms with Crippen LogP contribution in [0.15, 0.2) is 48.8 Å². The summed E-state index contributed by atoms with van der Waals surface area (Å²) in [6, 6.07) is 9.33. The fourth-order valence-electron chi connectivity index (χ4n) is 1.69. The monoisotopic (exact) mass is 271 g/mol. The first-order valence-corrected chi connectivity index (χ1v) is 6.04. The predicted octanol–water partition coefficient (Wildman–Crippen LogP) is 1.96. The van der Waals surface area contributed by atoms with Crippen molar-refractivity contribution < 1.29 is 9.72 Å². The zero-order valence-corrected chi connectivity index (χ0v) is 10.7. The molecule has 6 nitrogen and oxygen atoms in total. The average molecular weight is 271 g/mol. The van der Waals surface area contributed by atoms with Gasteiger partial charge in [-0.3, -0.25) is 19.9 Å². The number of nitro benzene ring substituents is 1. The number of Topliss-reactive ketones (excluding diaryl/α,β-unsaturated/α-hetero) is 1. The summed E-state index contributed by atoms with van der Waals surface area (Å²) in [5.74, 6) is -0.108. The summed E-state index contributed by atoms with van der Waals surface area (Å²) in [6.45, 7) is 0.721. The van der Waals surface area contributed by atoms with E-state index in [2.05, 4.69) is 10.3 Å². The summed E-state index contributed by atoms with van der Waals surface area (Å²) in [4.78, 5) is 25.9. The number of nitro groups is 1. The Hall–Kier alpha value is -2.60. The van der Waals surface area contributed by atoms with Gasteiger partial charge in [-0.2, -0.15) is 0 Å². The number of non-ortho nitro benzene ring substituents is 1. The van der Waals surface area contributed by atoms with E-state index in [-0.39, 0.29) is 18.0 Å². The fourth-order valence-corrected chi connectivity index (χ4v) is 1.69. The van der Waals surface area contributed by atoms with Crippen LogP contribution in [0.1, 0.15) is 15.9 Å². The minimum absolute atomic E-state index is 0.0233. The summed E-state index contributed by atoms with van der Waals surface area (Å²) in [5, 5.41) is 13.5. The van der Waals surface area contributed by atoms with Crippen LogP contribution in [0.4, 0.5) is 5.69 Å². The highest BCUT2D eigenvalue weighted by Crippen LogP contribution is 2.12. The SMILES string of the molecule is O=C(CNCc1cccnc1)c1ccc([N+](=O)[O-])cc1. The highest BCUT2D eigenvalue weighted by Gasteiger charge is 2.09. The molecule has 2 aromatic rings. The van der Waals surface area contributed by atoms with E-state index in [9.17, 15) is 14.9 Å². The second-order valence-corrected chi connectivity index (χ2v) is 4.19. The number of ketones is 1. The molecule has 0 amide bonds. The lowest BCUT2D eigenvalue weighted by Crippen LogP contribution is -2.22. The Labute approximate surface area is 115 Å². The third-order valence-electron chi connectivity index (χ3n) is 2.74. The van der Waals surface area contributed by atoms with Crippen LogP contribution in [0.2, 0.25) is 0 Å². The van der Waals surface area contributed by atoms with Crippen molar-refractivity contribution in [1.82, 2.24) is 10.3 Å². The maximum atomic E-state index is 11.9. The van der Waals surface area contributed by atoms with Crippen molar-refractivity contribution in [2.75, 3.05) is 6.54 Å². The van der Waals surface area contributed by atoms with E-state index >= 15 is 0 Å². The molecular formula is C14H13N3O3. The van der Waals surface area contributed by atoms with Gasteiger partial charge >= 0.3 is 0 Å². The van der Waals surface area contributed by atoms with Crippen LogP contribution in [0.5, 0.6) is 0 Å². The molecule has 102 valence electrons. The molecule has 20 heavy (non-hydrogen) atoms. The summed E-state index contributed by atoms with van der Waals surface area (Å²) in [7, 11) is 0. The van der Waals surface area contributed by atoms with Crippen molar-refractivity contribution in [3.8, 4) is 0 Å². The molecule has 6 heteroatoms. The molecule has 0 aliphatic rings. The number of pyridine rings is 1. The number of benzene rings is 1. The number of hydrogen-bond donors (Lipinski definition) is 1. The van der Waals surface area contributed by atoms with Gasteiger partial charge in [-0.15, -0.1) is 0 Å². The van der Waals surface area contributed by atoms with Gasteiger partial charge in [0.25, 0.3) is 5.69 Å². The Balaban J connectivity index is 1.87. The van der Waals surface area contributed by atoms with Gasteiger partial charge in [0, 0.05) is 36.6 Å². The molecule has 0 saturated heterocycles. The maximum absolute atomic E-state index is 11.9. The largest absolute Gasteiger partial charge is 0.306 e. The van der Waals surface area contributed by atoms with Crippen molar-refractivity contribution >= 4 is 11.5 Å². The number of carbonyl (C=O) groups excluding carboxylic acids is 1. The summed E-state index contributed by atoms with van der Waals surface area (Å²) < 4.78 is 0. The maximum Gasteiger partial charge on any atom is 0.269 e. The molecular weight excluding hydrogens is 258 g/mol. The van der Waals surface area contributed by atoms with Gasteiger partial charge in [0.2, 0.25) is 0 Å². The first kappa shape index (κ1) is 13.8. The summed E-state index contributed by atoms with van der Waals surface area (Å²) in [6.07, 6.45) is 3.41. The van der Waals surface area contributed by atoms with Crippen molar-refractivity contribution in [3.05, 3.63) is 70.0 Å². The van der Waals surface area contributed by atoms with Crippen LogP contribution >= 0.6 is 0 Å². The standard InChI is InChI=1S/C14H13N3O3/c18-14(10-16-9-11-2-1-7-15-8-11)12-3-5-13(6-4-12)17(19)20/h1-8,16H,9-10H2. The molecule has 2 rings (SSSR count). The Kier molecular flexibility index (Phi) is 4.52. The van der Waals surface area contributed by atoms with Gasteiger partial charge in [0.1, 0.15) is 0 Å². The smallest absolute Gasteiger partial charge is 0.269 e. The Morgan fingerprint density at radius 3 is 2.60 bits per heavy atom. The topological polar surface area (TPSA) is 85.1 Å². The first-order valence-electron chi connectivity index (χ1n) is 6.04. The van der Waals surface area contributed by atoms with Gasteiger partial charge in [0.05, 0.1) is 11.5 Å².